The Morgan fingerprint density at radius 1 is 1.19 bits per heavy atom. The SMILES string of the molecule is CSc1cccc(NC(=O)Cc2c(C)nn(-c3ccc(Cl)cc3)c2C)c1. The molecule has 1 N–H and O–H groups in total. The third kappa shape index (κ3) is 4.11. The molecule has 1 aromatic heterocycles. The largest absolute Gasteiger partial charge is 0.326 e. The smallest absolute Gasteiger partial charge is 0.228 e. The minimum atomic E-state index is -0.0508. The number of thioether (sulfide) groups is 1. The number of amides is 1. The first kappa shape index (κ1) is 18.5. The first-order chi connectivity index (χ1) is 12.5. The fraction of sp³-hybridized carbons (Fsp3) is 0.200. The lowest BCUT2D eigenvalue weighted by molar-refractivity contribution is -0.115. The molecule has 0 aliphatic heterocycles. The van der Waals surface area contributed by atoms with Gasteiger partial charge in [-0.2, -0.15) is 5.10 Å². The van der Waals surface area contributed by atoms with E-state index < -0.39 is 0 Å². The Hall–Kier alpha value is -2.24. The van der Waals surface area contributed by atoms with E-state index in [1.807, 2.05) is 73.3 Å². The van der Waals surface area contributed by atoms with Crippen LogP contribution >= 0.6 is 23.4 Å². The first-order valence-corrected chi connectivity index (χ1v) is 9.83. The number of hydrogen-bond acceptors (Lipinski definition) is 3. The van der Waals surface area contributed by atoms with Crippen molar-refractivity contribution in [3.8, 4) is 5.69 Å². The summed E-state index contributed by atoms with van der Waals surface area (Å²) in [5.74, 6) is -0.0508. The zero-order chi connectivity index (χ0) is 18.7. The summed E-state index contributed by atoms with van der Waals surface area (Å²) in [7, 11) is 0. The van der Waals surface area contributed by atoms with Crippen LogP contribution in [-0.4, -0.2) is 21.9 Å². The number of nitrogens with one attached hydrogen (secondary N) is 1. The van der Waals surface area contributed by atoms with Crippen LogP contribution in [-0.2, 0) is 11.2 Å². The average Bonchev–Trinajstić information content (AvgIpc) is 2.90. The van der Waals surface area contributed by atoms with Gasteiger partial charge >= 0.3 is 0 Å². The predicted molar refractivity (Wildman–Crippen MR) is 109 cm³/mol. The molecule has 0 fully saturated rings. The molecular weight excluding hydrogens is 366 g/mol. The Balaban J connectivity index is 1.79. The van der Waals surface area contributed by atoms with Crippen LogP contribution in [0.5, 0.6) is 0 Å². The van der Waals surface area contributed by atoms with Crippen LogP contribution in [0.4, 0.5) is 5.69 Å². The molecule has 0 aliphatic carbocycles. The molecule has 4 nitrogen and oxygen atoms in total. The Kier molecular flexibility index (Phi) is 5.69. The van der Waals surface area contributed by atoms with Crippen molar-refractivity contribution in [2.75, 3.05) is 11.6 Å². The van der Waals surface area contributed by atoms with E-state index in [9.17, 15) is 4.79 Å². The molecule has 3 rings (SSSR count). The first-order valence-electron chi connectivity index (χ1n) is 8.23. The number of nitrogens with zero attached hydrogens (tertiary/aromatic N) is 2. The maximum Gasteiger partial charge on any atom is 0.228 e. The van der Waals surface area contributed by atoms with Gasteiger partial charge in [0.1, 0.15) is 0 Å². The highest BCUT2D eigenvalue weighted by molar-refractivity contribution is 7.98. The highest BCUT2D eigenvalue weighted by Gasteiger charge is 2.16. The van der Waals surface area contributed by atoms with Gasteiger partial charge in [-0.1, -0.05) is 17.7 Å². The Morgan fingerprint density at radius 3 is 2.62 bits per heavy atom. The van der Waals surface area contributed by atoms with Crippen molar-refractivity contribution < 1.29 is 4.79 Å². The number of hydrogen-bond donors (Lipinski definition) is 1. The molecule has 1 heterocycles. The van der Waals surface area contributed by atoms with E-state index in [-0.39, 0.29) is 12.3 Å². The summed E-state index contributed by atoms with van der Waals surface area (Å²) < 4.78 is 1.85. The van der Waals surface area contributed by atoms with Crippen LogP contribution in [0.15, 0.2) is 53.4 Å². The maximum absolute atomic E-state index is 12.5. The predicted octanol–water partition coefficient (Wildman–Crippen LogP) is 5.05. The van der Waals surface area contributed by atoms with E-state index in [1.165, 1.54) is 0 Å². The summed E-state index contributed by atoms with van der Waals surface area (Å²) in [5.41, 5.74) is 4.48. The number of carbonyl (C=O) groups is 1. The van der Waals surface area contributed by atoms with Crippen molar-refractivity contribution in [3.63, 3.8) is 0 Å². The Bertz CT molecular complexity index is 935. The molecular formula is C20H20ClN3OS. The molecule has 0 atom stereocenters. The minimum absolute atomic E-state index is 0.0508. The monoisotopic (exact) mass is 385 g/mol. The van der Waals surface area contributed by atoms with Gasteiger partial charge in [0.2, 0.25) is 5.91 Å². The van der Waals surface area contributed by atoms with Crippen molar-refractivity contribution in [3.05, 3.63) is 70.5 Å². The van der Waals surface area contributed by atoms with Crippen molar-refractivity contribution >= 4 is 35.0 Å². The molecule has 0 aliphatic rings. The second-order valence-electron chi connectivity index (χ2n) is 5.99. The van der Waals surface area contributed by atoms with Gasteiger partial charge in [0.15, 0.2) is 0 Å². The number of anilines is 1. The number of benzene rings is 2. The van der Waals surface area contributed by atoms with Gasteiger partial charge in [0.25, 0.3) is 0 Å². The summed E-state index contributed by atoms with van der Waals surface area (Å²) in [4.78, 5) is 13.6. The molecule has 0 saturated heterocycles. The van der Waals surface area contributed by atoms with Crippen LogP contribution in [0.25, 0.3) is 5.69 Å². The summed E-state index contributed by atoms with van der Waals surface area (Å²) in [6.07, 6.45) is 2.30. The minimum Gasteiger partial charge on any atom is -0.326 e. The van der Waals surface area contributed by atoms with Gasteiger partial charge in [-0.3, -0.25) is 4.79 Å². The summed E-state index contributed by atoms with van der Waals surface area (Å²) in [6, 6.07) is 15.3. The van der Waals surface area contributed by atoms with Crippen LogP contribution < -0.4 is 5.32 Å². The van der Waals surface area contributed by atoms with E-state index >= 15 is 0 Å². The molecule has 1 amide bonds. The van der Waals surface area contributed by atoms with Crippen LogP contribution in [0.3, 0.4) is 0 Å². The van der Waals surface area contributed by atoms with Crippen molar-refractivity contribution in [2.24, 2.45) is 0 Å². The zero-order valence-electron chi connectivity index (χ0n) is 14.9. The number of carbonyl (C=O) groups excluding carboxylic acids is 1. The molecule has 3 aromatic rings. The number of halogens is 1. The quantitative estimate of drug-likeness (QED) is 0.625. The average molecular weight is 386 g/mol. The van der Waals surface area contributed by atoms with Gasteiger partial charge in [-0.25, -0.2) is 4.68 Å². The van der Waals surface area contributed by atoms with E-state index in [0.29, 0.717) is 5.02 Å². The van der Waals surface area contributed by atoms with Gasteiger partial charge in [0, 0.05) is 26.9 Å². The van der Waals surface area contributed by atoms with Crippen LogP contribution in [0.1, 0.15) is 17.0 Å². The molecule has 134 valence electrons. The van der Waals surface area contributed by atoms with E-state index in [0.717, 1.165) is 33.2 Å². The lowest BCUT2D eigenvalue weighted by atomic mass is 10.1. The third-order valence-electron chi connectivity index (χ3n) is 4.20. The van der Waals surface area contributed by atoms with Gasteiger partial charge in [0.05, 0.1) is 17.8 Å². The molecule has 0 spiro atoms. The van der Waals surface area contributed by atoms with E-state index in [1.54, 1.807) is 11.8 Å². The molecule has 0 saturated carbocycles. The molecule has 6 heteroatoms. The highest BCUT2D eigenvalue weighted by atomic mass is 35.5. The molecule has 0 radical (unpaired) electrons. The third-order valence-corrected chi connectivity index (χ3v) is 5.18. The van der Waals surface area contributed by atoms with E-state index in [4.69, 9.17) is 11.6 Å². The second-order valence-corrected chi connectivity index (χ2v) is 7.31. The highest BCUT2D eigenvalue weighted by Crippen LogP contribution is 2.22. The topological polar surface area (TPSA) is 46.9 Å². The number of rotatable bonds is 5. The number of aryl methyl sites for hydroxylation is 1. The fourth-order valence-electron chi connectivity index (χ4n) is 2.83. The molecule has 0 bridgehead atoms. The Morgan fingerprint density at radius 2 is 1.92 bits per heavy atom. The summed E-state index contributed by atoms with van der Waals surface area (Å²) in [6.45, 7) is 3.90. The number of aromatic nitrogens is 2. The molecule has 0 unspecified atom stereocenters. The second kappa shape index (κ2) is 7.98. The van der Waals surface area contributed by atoms with Gasteiger partial charge < -0.3 is 5.32 Å². The van der Waals surface area contributed by atoms with Crippen LogP contribution in [0, 0.1) is 13.8 Å². The Labute approximate surface area is 162 Å². The van der Waals surface area contributed by atoms with Gasteiger partial charge in [-0.15, -0.1) is 11.8 Å². The lowest BCUT2D eigenvalue weighted by Gasteiger charge is -2.08. The molecule has 26 heavy (non-hydrogen) atoms. The van der Waals surface area contributed by atoms with Crippen LogP contribution in [0.2, 0.25) is 5.02 Å². The molecule has 2 aromatic carbocycles. The summed E-state index contributed by atoms with van der Waals surface area (Å²) in [5, 5.41) is 8.24. The maximum atomic E-state index is 12.5. The van der Waals surface area contributed by atoms with Crippen molar-refractivity contribution in [1.29, 1.82) is 0 Å². The standard InChI is InChI=1S/C20H20ClN3OS/c1-13-19(12-20(25)22-16-5-4-6-18(11-16)26-3)14(2)24(23-13)17-9-7-15(21)8-10-17/h4-11H,12H2,1-3H3,(H,22,25). The van der Waals surface area contributed by atoms with Crippen molar-refractivity contribution in [2.45, 2.75) is 25.2 Å². The van der Waals surface area contributed by atoms with Gasteiger partial charge in [-0.05, 0) is 62.6 Å². The zero-order valence-corrected chi connectivity index (χ0v) is 16.5. The lowest BCUT2D eigenvalue weighted by Crippen LogP contribution is -2.15. The fourth-order valence-corrected chi connectivity index (χ4v) is 3.42. The normalized spacial score (nSPS) is 10.8. The van der Waals surface area contributed by atoms with Crippen molar-refractivity contribution in [1.82, 2.24) is 9.78 Å². The van der Waals surface area contributed by atoms with E-state index in [2.05, 4.69) is 10.4 Å². The summed E-state index contributed by atoms with van der Waals surface area (Å²) >= 11 is 7.61.